The predicted octanol–water partition coefficient (Wildman–Crippen LogP) is 1.18. The maximum atomic E-state index is 11.7. The molecule has 0 bridgehead atoms. The Bertz CT molecular complexity index is 473. The summed E-state index contributed by atoms with van der Waals surface area (Å²) in [6.07, 6.45) is 0.307. The van der Waals surface area contributed by atoms with E-state index in [0.29, 0.717) is 13.0 Å². The number of amides is 1. The zero-order chi connectivity index (χ0) is 13.1. The van der Waals surface area contributed by atoms with Gasteiger partial charge < -0.3 is 15.7 Å². The topological polar surface area (TPSA) is 78.4 Å². The zero-order valence-electron chi connectivity index (χ0n) is 10.1. The van der Waals surface area contributed by atoms with Crippen LogP contribution < -0.4 is 10.6 Å². The standard InChI is InChI=1S/C13H16N2O3/c1-8(13(17)18)15-12(16)6-9-7-14-11-5-3-2-4-10(9)11/h2-5,8-9,14H,6-7H2,1H3,(H,15,16)(H,17,18)/t8-,9?/m1/s1. The number of carboxylic acids is 1. The highest BCUT2D eigenvalue weighted by Crippen LogP contribution is 2.32. The van der Waals surface area contributed by atoms with Crippen LogP contribution in [0, 0.1) is 0 Å². The van der Waals surface area contributed by atoms with Crippen LogP contribution in [0.1, 0.15) is 24.8 Å². The van der Waals surface area contributed by atoms with Gasteiger partial charge in [0.25, 0.3) is 0 Å². The number of carboxylic acid groups (broad SMARTS) is 1. The van der Waals surface area contributed by atoms with Gasteiger partial charge in [0.1, 0.15) is 6.04 Å². The predicted molar refractivity (Wildman–Crippen MR) is 67.5 cm³/mol. The Labute approximate surface area is 105 Å². The third-order valence-corrected chi connectivity index (χ3v) is 3.12. The summed E-state index contributed by atoms with van der Waals surface area (Å²) in [5, 5.41) is 14.4. The fraction of sp³-hybridized carbons (Fsp3) is 0.385. The lowest BCUT2D eigenvalue weighted by Gasteiger charge is -2.12. The second kappa shape index (κ2) is 5.08. The van der Waals surface area contributed by atoms with Crippen molar-refractivity contribution < 1.29 is 14.7 Å². The summed E-state index contributed by atoms with van der Waals surface area (Å²) in [5.74, 6) is -1.14. The molecule has 2 atom stereocenters. The molecule has 0 aromatic heterocycles. The van der Waals surface area contributed by atoms with E-state index in [-0.39, 0.29) is 11.8 Å². The average Bonchev–Trinajstić information content (AvgIpc) is 2.72. The molecule has 2 rings (SSSR count). The number of fused-ring (bicyclic) bond motifs is 1. The Morgan fingerprint density at radius 2 is 2.22 bits per heavy atom. The lowest BCUT2D eigenvalue weighted by Crippen LogP contribution is -2.38. The Morgan fingerprint density at radius 3 is 2.94 bits per heavy atom. The second-order valence-electron chi connectivity index (χ2n) is 4.50. The Hall–Kier alpha value is -2.04. The van der Waals surface area contributed by atoms with Crippen LogP contribution in [0.15, 0.2) is 24.3 Å². The van der Waals surface area contributed by atoms with Crippen LogP contribution in [0.3, 0.4) is 0 Å². The van der Waals surface area contributed by atoms with E-state index in [1.807, 2.05) is 24.3 Å². The number of carbonyl (C=O) groups is 2. The lowest BCUT2D eigenvalue weighted by molar-refractivity contribution is -0.141. The first-order chi connectivity index (χ1) is 8.58. The molecule has 0 saturated heterocycles. The SMILES string of the molecule is C[C@@H](NC(=O)CC1CNc2ccccc21)C(=O)O. The van der Waals surface area contributed by atoms with Gasteiger partial charge in [-0.15, -0.1) is 0 Å². The van der Waals surface area contributed by atoms with Gasteiger partial charge in [0.2, 0.25) is 5.91 Å². The summed E-state index contributed by atoms with van der Waals surface area (Å²) in [4.78, 5) is 22.4. The first-order valence-electron chi connectivity index (χ1n) is 5.93. The number of aliphatic carboxylic acids is 1. The van der Waals surface area contributed by atoms with E-state index < -0.39 is 12.0 Å². The van der Waals surface area contributed by atoms with E-state index in [0.717, 1.165) is 11.3 Å². The van der Waals surface area contributed by atoms with Gasteiger partial charge in [0, 0.05) is 24.6 Å². The number of para-hydroxylation sites is 1. The molecule has 3 N–H and O–H groups in total. The first-order valence-corrected chi connectivity index (χ1v) is 5.93. The van der Waals surface area contributed by atoms with Crippen LogP contribution in [0.5, 0.6) is 0 Å². The van der Waals surface area contributed by atoms with Crippen molar-refractivity contribution >= 4 is 17.6 Å². The molecule has 0 fully saturated rings. The summed E-state index contributed by atoms with van der Waals surface area (Å²) < 4.78 is 0. The van der Waals surface area contributed by atoms with Crippen molar-refractivity contribution in [1.82, 2.24) is 5.32 Å². The minimum atomic E-state index is -1.02. The first kappa shape index (κ1) is 12.4. The molecule has 5 nitrogen and oxygen atoms in total. The van der Waals surface area contributed by atoms with E-state index in [2.05, 4.69) is 10.6 Å². The number of hydrogen-bond acceptors (Lipinski definition) is 3. The average molecular weight is 248 g/mol. The summed E-state index contributed by atoms with van der Waals surface area (Å²) in [6.45, 7) is 2.18. The largest absolute Gasteiger partial charge is 0.480 e. The number of rotatable bonds is 4. The van der Waals surface area contributed by atoms with E-state index >= 15 is 0 Å². The molecule has 0 aliphatic carbocycles. The van der Waals surface area contributed by atoms with Gasteiger partial charge in [-0.25, -0.2) is 0 Å². The maximum Gasteiger partial charge on any atom is 0.325 e. The molecule has 1 aromatic carbocycles. The summed E-state index contributed by atoms with van der Waals surface area (Å²) >= 11 is 0. The Kier molecular flexibility index (Phi) is 3.50. The lowest BCUT2D eigenvalue weighted by atomic mass is 9.97. The van der Waals surface area contributed by atoms with E-state index in [1.165, 1.54) is 6.92 Å². The Morgan fingerprint density at radius 1 is 1.50 bits per heavy atom. The van der Waals surface area contributed by atoms with E-state index in [4.69, 9.17) is 5.11 Å². The summed E-state index contributed by atoms with van der Waals surface area (Å²) in [6, 6.07) is 7.01. The molecular weight excluding hydrogens is 232 g/mol. The molecule has 1 amide bonds. The van der Waals surface area contributed by atoms with Crippen molar-refractivity contribution in [2.24, 2.45) is 0 Å². The number of hydrogen-bond donors (Lipinski definition) is 3. The molecule has 1 heterocycles. The van der Waals surface area contributed by atoms with Crippen LogP contribution in [0.25, 0.3) is 0 Å². The van der Waals surface area contributed by atoms with Crippen LogP contribution in [-0.4, -0.2) is 29.6 Å². The Balaban J connectivity index is 1.96. The highest BCUT2D eigenvalue weighted by molar-refractivity contribution is 5.84. The molecule has 1 aromatic rings. The normalized spacial score (nSPS) is 18.6. The van der Waals surface area contributed by atoms with Gasteiger partial charge >= 0.3 is 5.97 Å². The number of anilines is 1. The molecule has 18 heavy (non-hydrogen) atoms. The summed E-state index contributed by atoms with van der Waals surface area (Å²) in [7, 11) is 0. The van der Waals surface area contributed by atoms with Crippen molar-refractivity contribution in [1.29, 1.82) is 0 Å². The molecule has 96 valence electrons. The van der Waals surface area contributed by atoms with Gasteiger partial charge in [0.05, 0.1) is 0 Å². The van der Waals surface area contributed by atoms with Gasteiger partial charge in [-0.3, -0.25) is 9.59 Å². The molecule has 0 saturated carbocycles. The monoisotopic (exact) mass is 248 g/mol. The van der Waals surface area contributed by atoms with E-state index in [9.17, 15) is 9.59 Å². The van der Waals surface area contributed by atoms with Crippen molar-refractivity contribution in [3.05, 3.63) is 29.8 Å². The van der Waals surface area contributed by atoms with Crippen LogP contribution >= 0.6 is 0 Å². The van der Waals surface area contributed by atoms with Gasteiger partial charge in [-0.1, -0.05) is 18.2 Å². The van der Waals surface area contributed by atoms with Gasteiger partial charge in [-0.2, -0.15) is 0 Å². The molecule has 1 aliphatic rings. The van der Waals surface area contributed by atoms with Crippen molar-refractivity contribution in [3.8, 4) is 0 Å². The molecule has 1 aliphatic heterocycles. The third-order valence-electron chi connectivity index (χ3n) is 3.12. The van der Waals surface area contributed by atoms with Crippen LogP contribution in [0.4, 0.5) is 5.69 Å². The minimum Gasteiger partial charge on any atom is -0.480 e. The molecule has 1 unspecified atom stereocenters. The van der Waals surface area contributed by atoms with Crippen molar-refractivity contribution in [3.63, 3.8) is 0 Å². The fourth-order valence-electron chi connectivity index (χ4n) is 2.13. The van der Waals surface area contributed by atoms with Crippen molar-refractivity contribution in [2.75, 3.05) is 11.9 Å². The highest BCUT2D eigenvalue weighted by atomic mass is 16.4. The quantitative estimate of drug-likeness (QED) is 0.747. The van der Waals surface area contributed by atoms with Crippen molar-refractivity contribution in [2.45, 2.75) is 25.3 Å². The smallest absolute Gasteiger partial charge is 0.325 e. The third kappa shape index (κ3) is 2.61. The fourth-order valence-corrected chi connectivity index (χ4v) is 2.13. The van der Waals surface area contributed by atoms with Gasteiger partial charge in [-0.05, 0) is 18.6 Å². The maximum absolute atomic E-state index is 11.7. The zero-order valence-corrected chi connectivity index (χ0v) is 10.1. The molecular formula is C13H16N2O3. The number of benzene rings is 1. The minimum absolute atomic E-state index is 0.113. The summed E-state index contributed by atoms with van der Waals surface area (Å²) in [5.41, 5.74) is 2.18. The number of carbonyl (C=O) groups excluding carboxylic acids is 1. The van der Waals surface area contributed by atoms with Crippen LogP contribution in [0.2, 0.25) is 0 Å². The second-order valence-corrected chi connectivity index (χ2v) is 4.50. The molecule has 0 radical (unpaired) electrons. The van der Waals surface area contributed by atoms with Gasteiger partial charge in [0.15, 0.2) is 0 Å². The molecule has 0 spiro atoms. The van der Waals surface area contributed by atoms with Crippen LogP contribution in [-0.2, 0) is 9.59 Å². The number of nitrogens with one attached hydrogen (secondary N) is 2. The molecule has 5 heteroatoms. The highest BCUT2D eigenvalue weighted by Gasteiger charge is 2.25. The van der Waals surface area contributed by atoms with E-state index in [1.54, 1.807) is 0 Å².